The number of benzene rings is 2. The summed E-state index contributed by atoms with van der Waals surface area (Å²) in [6.07, 6.45) is 0. The van der Waals surface area contributed by atoms with E-state index >= 15 is 0 Å². The van der Waals surface area contributed by atoms with Crippen LogP contribution in [0.1, 0.15) is 42.3 Å². The van der Waals surface area contributed by atoms with Crippen LogP contribution in [0.25, 0.3) is 0 Å². The molecular formula is C20H26ClN3O2. The second-order valence-corrected chi connectivity index (χ2v) is 7.26. The molecule has 6 heteroatoms. The maximum Gasteiger partial charge on any atom is 0.256 e. The molecule has 2 aromatic rings. The van der Waals surface area contributed by atoms with Crippen LogP contribution in [0.3, 0.4) is 0 Å². The lowest BCUT2D eigenvalue weighted by Crippen LogP contribution is -2.28. The zero-order valence-electron chi connectivity index (χ0n) is 15.8. The smallest absolute Gasteiger partial charge is 0.256 e. The quantitative estimate of drug-likeness (QED) is 0.688. The van der Waals surface area contributed by atoms with Gasteiger partial charge in [0.25, 0.3) is 5.91 Å². The van der Waals surface area contributed by atoms with Crippen molar-refractivity contribution in [1.29, 1.82) is 0 Å². The Bertz CT molecular complexity index is 826. The Labute approximate surface area is 160 Å². The van der Waals surface area contributed by atoms with Crippen LogP contribution in [-0.2, 0) is 4.79 Å². The molecule has 0 saturated carbocycles. The van der Waals surface area contributed by atoms with E-state index < -0.39 is 5.41 Å². The van der Waals surface area contributed by atoms with Gasteiger partial charge in [0.2, 0.25) is 5.91 Å². The van der Waals surface area contributed by atoms with E-state index in [4.69, 9.17) is 5.73 Å². The predicted molar refractivity (Wildman–Crippen MR) is 110 cm³/mol. The average molecular weight is 376 g/mol. The summed E-state index contributed by atoms with van der Waals surface area (Å²) in [6.45, 7) is 9.33. The molecule has 0 aliphatic carbocycles. The van der Waals surface area contributed by atoms with Gasteiger partial charge in [0.15, 0.2) is 0 Å². The van der Waals surface area contributed by atoms with E-state index in [2.05, 4.69) is 10.6 Å². The van der Waals surface area contributed by atoms with Crippen LogP contribution in [0.4, 0.5) is 17.1 Å². The van der Waals surface area contributed by atoms with Gasteiger partial charge in [-0.25, -0.2) is 0 Å². The van der Waals surface area contributed by atoms with Crippen LogP contribution in [0.5, 0.6) is 0 Å². The molecule has 2 aromatic carbocycles. The van der Waals surface area contributed by atoms with Crippen LogP contribution >= 0.6 is 12.4 Å². The summed E-state index contributed by atoms with van der Waals surface area (Å²) in [4.78, 5) is 24.7. The highest BCUT2D eigenvalue weighted by molar-refractivity contribution is 6.06. The molecular weight excluding hydrogens is 350 g/mol. The number of nitrogens with two attached hydrogens (primary N) is 1. The second kappa shape index (κ2) is 8.23. The van der Waals surface area contributed by atoms with Crippen LogP contribution in [0, 0.1) is 19.3 Å². The number of hydrogen-bond donors (Lipinski definition) is 3. The molecule has 5 nitrogen and oxygen atoms in total. The minimum absolute atomic E-state index is 0. The molecule has 0 fully saturated rings. The Morgan fingerprint density at radius 1 is 0.923 bits per heavy atom. The van der Waals surface area contributed by atoms with Crippen LogP contribution in [-0.4, -0.2) is 11.8 Å². The third kappa shape index (κ3) is 5.23. The van der Waals surface area contributed by atoms with Crippen LogP contribution in [0.15, 0.2) is 36.4 Å². The van der Waals surface area contributed by atoms with E-state index in [-0.39, 0.29) is 24.2 Å². The third-order valence-electron chi connectivity index (χ3n) is 3.93. The lowest BCUT2D eigenvalue weighted by atomic mass is 9.95. The van der Waals surface area contributed by atoms with Gasteiger partial charge in [-0.1, -0.05) is 32.9 Å². The number of hydrogen-bond acceptors (Lipinski definition) is 3. The largest absolute Gasteiger partial charge is 0.399 e. The lowest BCUT2D eigenvalue weighted by molar-refractivity contribution is -0.123. The Hall–Kier alpha value is -2.53. The lowest BCUT2D eigenvalue weighted by Gasteiger charge is -2.19. The Kier molecular flexibility index (Phi) is 6.81. The van der Waals surface area contributed by atoms with E-state index in [1.54, 1.807) is 18.2 Å². The Morgan fingerprint density at radius 2 is 1.54 bits per heavy atom. The summed E-state index contributed by atoms with van der Waals surface area (Å²) in [5, 5.41) is 5.77. The molecule has 4 N–H and O–H groups in total. The van der Waals surface area contributed by atoms with Gasteiger partial charge in [0, 0.05) is 28.0 Å². The van der Waals surface area contributed by atoms with Crippen molar-refractivity contribution in [2.45, 2.75) is 34.6 Å². The van der Waals surface area contributed by atoms with Crippen molar-refractivity contribution in [1.82, 2.24) is 0 Å². The van der Waals surface area contributed by atoms with Crippen molar-refractivity contribution < 1.29 is 9.59 Å². The first-order valence-electron chi connectivity index (χ1n) is 8.17. The molecule has 140 valence electrons. The molecule has 0 heterocycles. The summed E-state index contributed by atoms with van der Waals surface area (Å²) in [5.41, 5.74) is 9.41. The summed E-state index contributed by atoms with van der Waals surface area (Å²) < 4.78 is 0. The van der Waals surface area contributed by atoms with Gasteiger partial charge >= 0.3 is 0 Å². The zero-order valence-corrected chi connectivity index (χ0v) is 16.6. The first-order valence-corrected chi connectivity index (χ1v) is 8.17. The van der Waals surface area contributed by atoms with Gasteiger partial charge in [0.05, 0.1) is 0 Å². The Balaban J connectivity index is 0.00000338. The Morgan fingerprint density at radius 3 is 2.15 bits per heavy atom. The van der Waals surface area contributed by atoms with Crippen molar-refractivity contribution >= 4 is 41.3 Å². The number of amides is 2. The first kappa shape index (κ1) is 21.5. The van der Waals surface area contributed by atoms with Crippen molar-refractivity contribution in [3.63, 3.8) is 0 Å². The van der Waals surface area contributed by atoms with Crippen molar-refractivity contribution in [3.05, 3.63) is 53.1 Å². The molecule has 0 bridgehead atoms. The topological polar surface area (TPSA) is 84.2 Å². The van der Waals surface area contributed by atoms with Crippen molar-refractivity contribution in [2.24, 2.45) is 5.41 Å². The highest BCUT2D eigenvalue weighted by Gasteiger charge is 2.22. The maximum absolute atomic E-state index is 12.5. The van der Waals surface area contributed by atoms with E-state index in [1.165, 1.54) is 0 Å². The van der Waals surface area contributed by atoms with E-state index in [0.29, 0.717) is 22.6 Å². The fraction of sp³-hybridized carbons (Fsp3) is 0.300. The number of carbonyl (C=O) groups excluding carboxylic acids is 2. The minimum atomic E-state index is -0.496. The third-order valence-corrected chi connectivity index (χ3v) is 3.93. The number of halogens is 1. The van der Waals surface area contributed by atoms with E-state index in [0.717, 1.165) is 11.1 Å². The highest BCUT2D eigenvalue weighted by Crippen LogP contribution is 2.24. The molecule has 2 rings (SSSR count). The monoisotopic (exact) mass is 375 g/mol. The number of nitrogens with one attached hydrogen (secondary N) is 2. The number of nitrogen functional groups attached to an aromatic ring is 1. The maximum atomic E-state index is 12.5. The van der Waals surface area contributed by atoms with Gasteiger partial charge in [-0.2, -0.15) is 0 Å². The van der Waals surface area contributed by atoms with E-state index in [1.807, 2.05) is 52.8 Å². The molecule has 0 atom stereocenters. The highest BCUT2D eigenvalue weighted by atomic mass is 35.5. The summed E-state index contributed by atoms with van der Waals surface area (Å²) in [6, 6.07) is 10.7. The van der Waals surface area contributed by atoms with Crippen LogP contribution in [0.2, 0.25) is 0 Å². The van der Waals surface area contributed by atoms with Gasteiger partial charge < -0.3 is 16.4 Å². The molecule has 0 radical (unpaired) electrons. The molecule has 0 saturated heterocycles. The van der Waals surface area contributed by atoms with Crippen LogP contribution < -0.4 is 16.4 Å². The molecule has 0 aromatic heterocycles. The van der Waals surface area contributed by atoms with Gasteiger partial charge in [-0.05, 0) is 49.2 Å². The fourth-order valence-corrected chi connectivity index (χ4v) is 2.23. The number of rotatable bonds is 3. The van der Waals surface area contributed by atoms with Crippen molar-refractivity contribution in [3.8, 4) is 0 Å². The molecule has 0 spiro atoms. The molecule has 2 amide bonds. The normalized spacial score (nSPS) is 10.7. The molecule has 0 unspecified atom stereocenters. The number of aryl methyl sites for hydroxylation is 2. The number of anilines is 3. The summed E-state index contributed by atoms with van der Waals surface area (Å²) in [7, 11) is 0. The second-order valence-electron chi connectivity index (χ2n) is 7.26. The zero-order chi connectivity index (χ0) is 18.8. The van der Waals surface area contributed by atoms with E-state index in [9.17, 15) is 9.59 Å². The first-order chi connectivity index (χ1) is 11.6. The number of carbonyl (C=O) groups is 2. The fourth-order valence-electron chi connectivity index (χ4n) is 2.23. The molecule has 0 aliphatic heterocycles. The van der Waals surface area contributed by atoms with Gasteiger partial charge in [-0.3, -0.25) is 9.59 Å². The predicted octanol–water partition coefficient (Wildman–Crippen LogP) is 4.54. The average Bonchev–Trinajstić information content (AvgIpc) is 2.51. The molecule has 26 heavy (non-hydrogen) atoms. The van der Waals surface area contributed by atoms with Gasteiger partial charge in [0.1, 0.15) is 0 Å². The SMILES string of the molecule is Cc1ccc(NC(=O)c2cc(N)ccc2C)cc1NC(=O)C(C)(C)C.Cl. The summed E-state index contributed by atoms with van der Waals surface area (Å²) >= 11 is 0. The molecule has 0 aliphatic rings. The van der Waals surface area contributed by atoms with Gasteiger partial charge in [-0.15, -0.1) is 12.4 Å². The minimum Gasteiger partial charge on any atom is -0.399 e. The van der Waals surface area contributed by atoms with Crippen molar-refractivity contribution in [2.75, 3.05) is 16.4 Å². The standard InChI is InChI=1S/C20H25N3O2.ClH/c1-12-6-8-14(21)10-16(12)18(24)22-15-9-7-13(2)17(11-15)23-19(25)20(3,4)5;/h6-11H,21H2,1-5H3,(H,22,24)(H,23,25);1H. The summed E-state index contributed by atoms with van der Waals surface area (Å²) in [5.74, 6) is -0.312.